The monoisotopic (exact) mass is 259 g/mol. The first-order valence-corrected chi connectivity index (χ1v) is 6.21. The first kappa shape index (κ1) is 12.4. The van der Waals surface area contributed by atoms with Crippen LogP contribution in [0.5, 0.6) is 0 Å². The largest absolute Gasteiger partial charge is 0.398 e. The van der Waals surface area contributed by atoms with E-state index in [2.05, 4.69) is 4.98 Å². The van der Waals surface area contributed by atoms with Crippen LogP contribution in [-0.4, -0.2) is 4.98 Å². The summed E-state index contributed by atoms with van der Waals surface area (Å²) < 4.78 is 13.1. The van der Waals surface area contributed by atoms with Crippen LogP contribution in [-0.2, 0) is 5.75 Å². The molecule has 0 aliphatic heterocycles. The average molecular weight is 259 g/mol. The average Bonchev–Trinajstić information content (AvgIpc) is 2.40. The zero-order valence-corrected chi connectivity index (χ0v) is 10.2. The first-order chi connectivity index (χ1) is 8.70. The van der Waals surface area contributed by atoms with Gasteiger partial charge in [-0.15, -0.1) is 11.8 Å². The van der Waals surface area contributed by atoms with E-state index < -0.39 is 0 Å². The molecular formula is C13H10FN3S. The lowest BCUT2D eigenvalue weighted by molar-refractivity contribution is 0.624. The van der Waals surface area contributed by atoms with Gasteiger partial charge in [0.1, 0.15) is 17.6 Å². The molecule has 0 spiro atoms. The van der Waals surface area contributed by atoms with Gasteiger partial charge in [-0.2, -0.15) is 5.26 Å². The molecule has 0 aliphatic rings. The van der Waals surface area contributed by atoms with Crippen molar-refractivity contribution < 1.29 is 4.39 Å². The predicted molar refractivity (Wildman–Crippen MR) is 69.3 cm³/mol. The minimum Gasteiger partial charge on any atom is -0.398 e. The smallest absolute Gasteiger partial charge is 0.144 e. The lowest BCUT2D eigenvalue weighted by atomic mass is 10.2. The molecule has 2 aromatic rings. The van der Waals surface area contributed by atoms with Crippen molar-refractivity contribution in [1.82, 2.24) is 4.98 Å². The van der Waals surface area contributed by atoms with Crippen LogP contribution in [0.1, 0.15) is 11.3 Å². The van der Waals surface area contributed by atoms with Crippen LogP contribution < -0.4 is 5.73 Å². The maximum atomic E-state index is 13.1. The van der Waals surface area contributed by atoms with Gasteiger partial charge in [-0.05, 0) is 29.8 Å². The quantitative estimate of drug-likeness (QED) is 0.680. The molecule has 0 amide bonds. The number of nitriles is 1. The van der Waals surface area contributed by atoms with Gasteiger partial charge >= 0.3 is 0 Å². The predicted octanol–water partition coefficient (Wildman–Crippen LogP) is 2.97. The van der Waals surface area contributed by atoms with Crippen LogP contribution in [0.3, 0.4) is 0 Å². The molecule has 2 N–H and O–H groups in total. The van der Waals surface area contributed by atoms with Crippen molar-refractivity contribution >= 4 is 17.4 Å². The van der Waals surface area contributed by atoms with Crippen molar-refractivity contribution in [1.29, 1.82) is 5.26 Å². The normalized spacial score (nSPS) is 10.0. The molecule has 0 unspecified atom stereocenters. The van der Waals surface area contributed by atoms with Crippen molar-refractivity contribution in [2.45, 2.75) is 10.6 Å². The minimum absolute atomic E-state index is 0.321. The summed E-state index contributed by atoms with van der Waals surface area (Å²) in [5.41, 5.74) is 7.49. The number of thioether (sulfide) groups is 1. The standard InChI is InChI=1S/C13H10FN3S/c14-10-3-4-11(16)13(6-10)18-8-9-2-1-5-17-12(9)7-15/h1-6H,8,16H2. The Kier molecular flexibility index (Phi) is 3.80. The fourth-order valence-corrected chi connectivity index (χ4v) is 2.42. The maximum absolute atomic E-state index is 13.1. The molecule has 0 fully saturated rings. The molecule has 1 aromatic carbocycles. The van der Waals surface area contributed by atoms with Crippen LogP contribution in [0.2, 0.25) is 0 Å². The third kappa shape index (κ3) is 2.79. The maximum Gasteiger partial charge on any atom is 0.144 e. The van der Waals surface area contributed by atoms with Gasteiger partial charge in [0.15, 0.2) is 0 Å². The van der Waals surface area contributed by atoms with Crippen molar-refractivity contribution in [3.05, 3.63) is 53.6 Å². The van der Waals surface area contributed by atoms with Crippen LogP contribution in [0.15, 0.2) is 41.4 Å². The number of nitrogens with zero attached hydrogens (tertiary/aromatic N) is 2. The number of rotatable bonds is 3. The minimum atomic E-state index is -0.321. The topological polar surface area (TPSA) is 62.7 Å². The summed E-state index contributed by atoms with van der Waals surface area (Å²) in [6.07, 6.45) is 1.57. The van der Waals surface area contributed by atoms with Crippen molar-refractivity contribution in [3.8, 4) is 6.07 Å². The third-order valence-corrected chi connectivity index (χ3v) is 3.48. The van der Waals surface area contributed by atoms with Crippen LogP contribution in [0.25, 0.3) is 0 Å². The van der Waals surface area contributed by atoms with Gasteiger partial charge in [0.2, 0.25) is 0 Å². The van der Waals surface area contributed by atoms with Crippen molar-refractivity contribution in [3.63, 3.8) is 0 Å². The van der Waals surface area contributed by atoms with E-state index in [-0.39, 0.29) is 5.82 Å². The highest BCUT2D eigenvalue weighted by Crippen LogP contribution is 2.29. The van der Waals surface area contributed by atoms with Gasteiger partial charge < -0.3 is 5.73 Å². The number of anilines is 1. The van der Waals surface area contributed by atoms with Crippen molar-refractivity contribution in [2.24, 2.45) is 0 Å². The number of halogens is 1. The molecule has 0 bridgehead atoms. The molecule has 5 heteroatoms. The zero-order chi connectivity index (χ0) is 13.0. The van der Waals surface area contributed by atoms with Gasteiger partial charge in [0.25, 0.3) is 0 Å². The van der Waals surface area contributed by atoms with E-state index in [0.717, 1.165) is 5.56 Å². The van der Waals surface area contributed by atoms with E-state index in [0.29, 0.717) is 22.0 Å². The van der Waals surface area contributed by atoms with E-state index in [4.69, 9.17) is 11.0 Å². The summed E-state index contributed by atoms with van der Waals surface area (Å²) in [6, 6.07) is 9.87. The second-order valence-electron chi connectivity index (χ2n) is 3.59. The highest BCUT2D eigenvalue weighted by Gasteiger charge is 2.06. The van der Waals surface area contributed by atoms with Crippen LogP contribution >= 0.6 is 11.8 Å². The van der Waals surface area contributed by atoms with E-state index in [1.54, 1.807) is 12.3 Å². The molecule has 0 radical (unpaired) electrons. The molecule has 18 heavy (non-hydrogen) atoms. The molecule has 0 atom stereocenters. The van der Waals surface area contributed by atoms with E-state index in [1.165, 1.54) is 30.0 Å². The highest BCUT2D eigenvalue weighted by molar-refractivity contribution is 7.98. The lowest BCUT2D eigenvalue weighted by Crippen LogP contribution is -1.93. The molecule has 0 saturated heterocycles. The molecule has 3 nitrogen and oxygen atoms in total. The number of nitrogens with two attached hydrogens (primary N) is 1. The lowest BCUT2D eigenvalue weighted by Gasteiger charge is -2.06. The molecular weight excluding hydrogens is 249 g/mol. The summed E-state index contributed by atoms with van der Waals surface area (Å²) in [7, 11) is 0. The molecule has 1 aromatic heterocycles. The van der Waals surface area contributed by atoms with Crippen molar-refractivity contribution in [2.75, 3.05) is 5.73 Å². The Labute approximate surface area is 108 Å². The van der Waals surface area contributed by atoms with Crippen LogP contribution in [0.4, 0.5) is 10.1 Å². The Balaban J connectivity index is 2.17. The van der Waals surface area contributed by atoms with Gasteiger partial charge in [-0.25, -0.2) is 9.37 Å². The van der Waals surface area contributed by atoms with Gasteiger partial charge in [-0.1, -0.05) is 6.07 Å². The first-order valence-electron chi connectivity index (χ1n) is 5.22. The summed E-state index contributed by atoms with van der Waals surface area (Å²) in [5.74, 6) is 0.211. The fourth-order valence-electron chi connectivity index (χ4n) is 1.44. The van der Waals surface area contributed by atoms with Gasteiger partial charge in [0, 0.05) is 22.5 Å². The Morgan fingerprint density at radius 3 is 3.00 bits per heavy atom. The summed E-state index contributed by atoms with van der Waals surface area (Å²) in [4.78, 5) is 4.64. The summed E-state index contributed by atoms with van der Waals surface area (Å²) >= 11 is 1.39. The Morgan fingerprint density at radius 2 is 2.22 bits per heavy atom. The van der Waals surface area contributed by atoms with Gasteiger partial charge in [-0.3, -0.25) is 0 Å². The van der Waals surface area contributed by atoms with Gasteiger partial charge in [0.05, 0.1) is 0 Å². The fraction of sp³-hybridized carbons (Fsp3) is 0.0769. The second-order valence-corrected chi connectivity index (χ2v) is 4.61. The van der Waals surface area contributed by atoms with E-state index >= 15 is 0 Å². The number of pyridine rings is 1. The molecule has 0 saturated carbocycles. The summed E-state index contributed by atoms with van der Waals surface area (Å²) in [6.45, 7) is 0. The van der Waals surface area contributed by atoms with Crippen LogP contribution in [0, 0.1) is 17.1 Å². The molecule has 0 aliphatic carbocycles. The summed E-state index contributed by atoms with van der Waals surface area (Å²) in [5, 5.41) is 8.91. The third-order valence-electron chi connectivity index (χ3n) is 2.36. The Hall–Kier alpha value is -2.06. The SMILES string of the molecule is N#Cc1ncccc1CSc1cc(F)ccc1N. The number of nitrogen functional groups attached to an aromatic ring is 1. The zero-order valence-electron chi connectivity index (χ0n) is 9.43. The Bertz CT molecular complexity index is 607. The Morgan fingerprint density at radius 1 is 1.39 bits per heavy atom. The number of hydrogen-bond donors (Lipinski definition) is 1. The molecule has 2 rings (SSSR count). The van der Waals surface area contributed by atoms with E-state index in [1.807, 2.05) is 12.1 Å². The van der Waals surface area contributed by atoms with E-state index in [9.17, 15) is 4.39 Å². The molecule has 90 valence electrons. The number of benzene rings is 1. The number of hydrogen-bond acceptors (Lipinski definition) is 4. The highest BCUT2D eigenvalue weighted by atomic mass is 32.2. The second kappa shape index (κ2) is 5.52. The molecule has 1 heterocycles. The number of aromatic nitrogens is 1.